The summed E-state index contributed by atoms with van der Waals surface area (Å²) < 4.78 is 0. The molecule has 0 amide bonds. The Balaban J connectivity index is 2.24. The fourth-order valence-electron chi connectivity index (χ4n) is 3.01. The molecule has 1 aromatic heterocycles. The molecule has 2 heterocycles. The normalized spacial score (nSPS) is 18.9. The van der Waals surface area contributed by atoms with Crippen molar-refractivity contribution in [2.45, 2.75) is 45.6 Å². The SMILES string of the molecule is CCc1nnc(NCC2CCCN2C)c(C(N)=S)c1CC. The Bertz CT molecular complexity index is 517. The Kier molecular flexibility index (Phi) is 5.47. The fourth-order valence-corrected chi connectivity index (χ4v) is 3.23. The molecule has 0 aliphatic carbocycles. The minimum absolute atomic E-state index is 0.402. The first kappa shape index (κ1) is 16.1. The number of thiocarbonyl (C=S) groups is 1. The molecular formula is C15H25N5S. The van der Waals surface area contributed by atoms with Gasteiger partial charge in [-0.05, 0) is 44.8 Å². The predicted molar refractivity (Wildman–Crippen MR) is 90.8 cm³/mol. The van der Waals surface area contributed by atoms with E-state index in [0.29, 0.717) is 11.0 Å². The highest BCUT2D eigenvalue weighted by Crippen LogP contribution is 2.22. The minimum Gasteiger partial charge on any atom is -0.389 e. The fraction of sp³-hybridized carbons (Fsp3) is 0.667. The molecule has 0 radical (unpaired) electrons. The Morgan fingerprint density at radius 3 is 2.67 bits per heavy atom. The third kappa shape index (κ3) is 3.49. The molecule has 1 atom stereocenters. The molecule has 1 aliphatic heterocycles. The molecule has 0 spiro atoms. The van der Waals surface area contributed by atoms with Gasteiger partial charge >= 0.3 is 0 Å². The highest BCUT2D eigenvalue weighted by molar-refractivity contribution is 7.80. The molecule has 0 saturated carbocycles. The van der Waals surface area contributed by atoms with Crippen molar-refractivity contribution in [1.29, 1.82) is 0 Å². The molecule has 1 aromatic rings. The zero-order chi connectivity index (χ0) is 15.4. The summed E-state index contributed by atoms with van der Waals surface area (Å²) in [4.78, 5) is 2.78. The Morgan fingerprint density at radius 1 is 1.38 bits per heavy atom. The number of likely N-dealkylation sites (tertiary alicyclic amines) is 1. The van der Waals surface area contributed by atoms with Gasteiger partial charge in [0.1, 0.15) is 4.99 Å². The minimum atomic E-state index is 0.402. The average Bonchev–Trinajstić information content (AvgIpc) is 2.88. The number of anilines is 1. The standard InChI is InChI=1S/C15H25N5S/c1-4-11-12(5-2)18-19-15(13(11)14(16)21)17-9-10-7-6-8-20(10)3/h10H,4-9H2,1-3H3,(H2,16,21)(H,17,19). The van der Waals surface area contributed by atoms with E-state index in [9.17, 15) is 0 Å². The van der Waals surface area contributed by atoms with Gasteiger partial charge in [-0.15, -0.1) is 5.10 Å². The van der Waals surface area contributed by atoms with Gasteiger partial charge in [-0.1, -0.05) is 26.1 Å². The second-order valence-corrected chi connectivity index (χ2v) is 6.02. The number of nitrogens with one attached hydrogen (secondary N) is 1. The molecule has 1 saturated heterocycles. The lowest BCUT2D eigenvalue weighted by molar-refractivity contribution is 0.322. The van der Waals surface area contributed by atoms with E-state index in [1.807, 2.05) is 0 Å². The van der Waals surface area contributed by atoms with E-state index in [1.54, 1.807) is 0 Å². The first-order chi connectivity index (χ1) is 10.1. The zero-order valence-electron chi connectivity index (χ0n) is 13.1. The molecule has 1 aliphatic rings. The lowest BCUT2D eigenvalue weighted by Gasteiger charge is -2.21. The van der Waals surface area contributed by atoms with Crippen molar-refractivity contribution >= 4 is 23.0 Å². The van der Waals surface area contributed by atoms with E-state index in [1.165, 1.54) is 12.8 Å². The molecule has 2 rings (SSSR count). The number of rotatable bonds is 6. The molecular weight excluding hydrogens is 282 g/mol. The number of hydrogen-bond acceptors (Lipinski definition) is 5. The topological polar surface area (TPSA) is 67.1 Å². The van der Waals surface area contributed by atoms with Gasteiger partial charge < -0.3 is 16.0 Å². The molecule has 116 valence electrons. The van der Waals surface area contributed by atoms with Gasteiger partial charge in [-0.25, -0.2) is 0 Å². The summed E-state index contributed by atoms with van der Waals surface area (Å²) in [6.07, 6.45) is 4.18. The lowest BCUT2D eigenvalue weighted by Crippen LogP contribution is -2.32. The molecule has 6 heteroatoms. The smallest absolute Gasteiger partial charge is 0.159 e. The van der Waals surface area contributed by atoms with Crippen molar-refractivity contribution in [3.05, 3.63) is 16.8 Å². The summed E-state index contributed by atoms with van der Waals surface area (Å²) in [6.45, 7) is 6.20. The maximum Gasteiger partial charge on any atom is 0.159 e. The molecule has 1 fully saturated rings. The lowest BCUT2D eigenvalue weighted by atomic mass is 10.0. The van der Waals surface area contributed by atoms with Gasteiger partial charge in [-0.3, -0.25) is 0 Å². The number of hydrogen-bond donors (Lipinski definition) is 2. The maximum absolute atomic E-state index is 5.94. The number of nitrogens with two attached hydrogens (primary N) is 1. The van der Waals surface area contributed by atoms with Crippen LogP contribution in [0.25, 0.3) is 0 Å². The quantitative estimate of drug-likeness (QED) is 0.780. The molecule has 5 nitrogen and oxygen atoms in total. The van der Waals surface area contributed by atoms with Crippen LogP contribution < -0.4 is 11.1 Å². The van der Waals surface area contributed by atoms with E-state index in [2.05, 4.69) is 41.3 Å². The predicted octanol–water partition coefficient (Wildman–Crippen LogP) is 1.74. The summed E-state index contributed by atoms with van der Waals surface area (Å²) in [5.74, 6) is 0.733. The molecule has 0 bridgehead atoms. The number of aromatic nitrogens is 2. The van der Waals surface area contributed by atoms with E-state index in [4.69, 9.17) is 18.0 Å². The zero-order valence-corrected chi connectivity index (χ0v) is 14.0. The van der Waals surface area contributed by atoms with E-state index in [0.717, 1.165) is 48.6 Å². The number of aryl methyl sites for hydroxylation is 1. The second-order valence-electron chi connectivity index (χ2n) is 5.58. The van der Waals surface area contributed by atoms with Crippen molar-refractivity contribution in [1.82, 2.24) is 15.1 Å². The first-order valence-corrected chi connectivity index (χ1v) is 8.11. The van der Waals surface area contributed by atoms with Gasteiger partial charge in [0.2, 0.25) is 0 Å². The van der Waals surface area contributed by atoms with Crippen molar-refractivity contribution < 1.29 is 0 Å². The summed E-state index contributed by atoms with van der Waals surface area (Å²) >= 11 is 5.24. The van der Waals surface area contributed by atoms with Crippen LogP contribution in [0, 0.1) is 0 Å². The van der Waals surface area contributed by atoms with E-state index in [-0.39, 0.29) is 0 Å². The van der Waals surface area contributed by atoms with Crippen LogP contribution in [-0.2, 0) is 12.8 Å². The van der Waals surface area contributed by atoms with Crippen LogP contribution in [0.2, 0.25) is 0 Å². The largest absolute Gasteiger partial charge is 0.389 e. The molecule has 0 aromatic carbocycles. The second kappa shape index (κ2) is 7.13. The van der Waals surface area contributed by atoms with Crippen LogP contribution >= 0.6 is 12.2 Å². The van der Waals surface area contributed by atoms with Crippen LogP contribution in [0.4, 0.5) is 5.82 Å². The van der Waals surface area contributed by atoms with E-state index >= 15 is 0 Å². The highest BCUT2D eigenvalue weighted by atomic mass is 32.1. The third-order valence-corrected chi connectivity index (χ3v) is 4.47. The van der Waals surface area contributed by atoms with Crippen LogP contribution in [0.1, 0.15) is 43.5 Å². The molecule has 3 N–H and O–H groups in total. The number of nitrogens with zero attached hydrogens (tertiary/aromatic N) is 3. The Hall–Kier alpha value is -1.27. The van der Waals surface area contributed by atoms with Gasteiger partial charge in [0.05, 0.1) is 11.3 Å². The summed E-state index contributed by atoms with van der Waals surface area (Å²) in [7, 11) is 2.16. The van der Waals surface area contributed by atoms with Crippen LogP contribution in [-0.4, -0.2) is 46.3 Å². The van der Waals surface area contributed by atoms with Gasteiger partial charge in [-0.2, -0.15) is 5.10 Å². The number of likely N-dealkylation sites (N-methyl/N-ethyl adjacent to an activating group) is 1. The summed E-state index contributed by atoms with van der Waals surface area (Å²) in [5.41, 5.74) is 8.93. The highest BCUT2D eigenvalue weighted by Gasteiger charge is 2.22. The Morgan fingerprint density at radius 2 is 2.14 bits per heavy atom. The van der Waals surface area contributed by atoms with Crippen LogP contribution in [0.3, 0.4) is 0 Å². The summed E-state index contributed by atoms with van der Waals surface area (Å²) in [5, 5.41) is 12.1. The first-order valence-electron chi connectivity index (χ1n) is 7.70. The molecule has 21 heavy (non-hydrogen) atoms. The van der Waals surface area contributed by atoms with Gasteiger partial charge in [0, 0.05) is 12.6 Å². The van der Waals surface area contributed by atoms with Gasteiger partial charge in [0.15, 0.2) is 5.82 Å². The summed E-state index contributed by atoms with van der Waals surface area (Å²) in [6, 6.07) is 0.543. The van der Waals surface area contributed by atoms with Crippen molar-refractivity contribution in [3.8, 4) is 0 Å². The van der Waals surface area contributed by atoms with Crippen LogP contribution in [0.5, 0.6) is 0 Å². The third-order valence-electron chi connectivity index (χ3n) is 4.27. The van der Waals surface area contributed by atoms with Crippen molar-refractivity contribution in [3.63, 3.8) is 0 Å². The monoisotopic (exact) mass is 307 g/mol. The average molecular weight is 307 g/mol. The Labute approximate surface area is 132 Å². The van der Waals surface area contributed by atoms with Crippen LogP contribution in [0.15, 0.2) is 0 Å². The van der Waals surface area contributed by atoms with Gasteiger partial charge in [0.25, 0.3) is 0 Å². The van der Waals surface area contributed by atoms with E-state index < -0.39 is 0 Å². The maximum atomic E-state index is 5.94. The van der Waals surface area contributed by atoms with Crippen molar-refractivity contribution in [2.75, 3.05) is 25.5 Å². The molecule has 1 unspecified atom stereocenters. The van der Waals surface area contributed by atoms with Crippen molar-refractivity contribution in [2.24, 2.45) is 5.73 Å².